The minimum Gasteiger partial charge on any atom is -0.491 e. The number of pyridine rings is 1. The third-order valence-corrected chi connectivity index (χ3v) is 12.4. The number of nitrogens with zero attached hydrogens (tertiary/aromatic N) is 2. The number of rotatable bonds is 9. The van der Waals surface area contributed by atoms with Crippen LogP contribution in [0, 0.1) is 23.6 Å². The van der Waals surface area contributed by atoms with Crippen molar-refractivity contribution in [3.63, 3.8) is 0 Å². The molecule has 1 aromatic carbocycles. The molecule has 6 rings (SSSR count). The van der Waals surface area contributed by atoms with Crippen molar-refractivity contribution >= 4 is 44.6 Å². The van der Waals surface area contributed by atoms with Gasteiger partial charge in [-0.15, -0.1) is 0 Å². The van der Waals surface area contributed by atoms with Gasteiger partial charge >= 0.3 is 6.09 Å². The molecule has 0 radical (unpaired) electrons. The van der Waals surface area contributed by atoms with E-state index in [0.717, 1.165) is 6.42 Å². The van der Waals surface area contributed by atoms with Crippen molar-refractivity contribution in [2.45, 2.75) is 101 Å². The number of allylic oxidation sites excluding steroid dienone is 1. The van der Waals surface area contributed by atoms with Crippen molar-refractivity contribution in [2.24, 2.45) is 17.8 Å². The van der Waals surface area contributed by atoms with Gasteiger partial charge in [-0.1, -0.05) is 32.4 Å². The molecule has 4 aliphatic rings. The number of aromatic nitrogens is 1. The number of sulfonamides is 1. The van der Waals surface area contributed by atoms with Crippen LogP contribution in [0.3, 0.4) is 0 Å². The van der Waals surface area contributed by atoms with Gasteiger partial charge in [-0.25, -0.2) is 22.6 Å². The molecule has 2 saturated carbocycles. The Balaban J connectivity index is 1.35. The summed E-state index contributed by atoms with van der Waals surface area (Å²) in [7, 11) is -3.93. The average molecular weight is 744 g/mol. The fourth-order valence-electron chi connectivity index (χ4n) is 7.51. The second-order valence-corrected chi connectivity index (χ2v) is 16.4. The number of carbonyl (C=O) groups excluding carboxylic acids is 3. The standard InChI is InChI=1S/C36H46FN5O9S/c1-4-21-14-20(3)8-6-7-9-23-18-36(23,34(45)41-52(48,49)25-10-11-25)40-31(43)28-16-24(19-42(28)33(44)30(21)39-35(46)47)51-32-26-17-27(37)29(50-5-2)15-22(26)12-13-38-32/h7,9,12-13,15,17,20-21,23-25,28,30,39H,4-6,8,10-11,14,16,18-19H2,1-3H3,(H,40,43)(H,41,45)(H,46,47)/b9-7-/t20-,21-,23-,24-,28+,30+,36-/m1/s1. The fourth-order valence-corrected chi connectivity index (χ4v) is 8.88. The minimum absolute atomic E-state index is 0.0639. The third-order valence-electron chi connectivity index (χ3n) is 10.6. The van der Waals surface area contributed by atoms with Crippen molar-refractivity contribution in [3.8, 4) is 11.6 Å². The number of ether oxygens (including phenoxy) is 2. The zero-order valence-corrected chi connectivity index (χ0v) is 30.3. The van der Waals surface area contributed by atoms with Crippen LogP contribution in [0.5, 0.6) is 11.6 Å². The summed E-state index contributed by atoms with van der Waals surface area (Å²) < 4.78 is 54.4. The van der Waals surface area contributed by atoms with Gasteiger partial charge in [0.05, 0.1) is 18.4 Å². The van der Waals surface area contributed by atoms with E-state index < -0.39 is 80.5 Å². The summed E-state index contributed by atoms with van der Waals surface area (Å²) in [5.41, 5.74) is -1.56. The van der Waals surface area contributed by atoms with E-state index in [-0.39, 0.29) is 43.5 Å². The Morgan fingerprint density at radius 1 is 1.17 bits per heavy atom. The molecule has 4 amide bonds. The predicted molar refractivity (Wildman–Crippen MR) is 187 cm³/mol. The lowest BCUT2D eigenvalue weighted by molar-refractivity contribution is -0.142. The van der Waals surface area contributed by atoms with Crippen molar-refractivity contribution < 1.29 is 46.6 Å². The number of hydrogen-bond acceptors (Lipinski definition) is 9. The molecule has 3 fully saturated rings. The molecule has 0 bridgehead atoms. The van der Waals surface area contributed by atoms with Crippen LogP contribution in [0.2, 0.25) is 0 Å². The molecule has 1 aromatic heterocycles. The highest BCUT2D eigenvalue weighted by Crippen LogP contribution is 2.46. The van der Waals surface area contributed by atoms with E-state index in [1.165, 1.54) is 23.2 Å². The summed E-state index contributed by atoms with van der Waals surface area (Å²) in [6, 6.07) is 2.04. The molecule has 0 unspecified atom stereocenters. The number of nitrogens with one attached hydrogen (secondary N) is 3. The molecule has 2 aliphatic heterocycles. The highest BCUT2D eigenvalue weighted by Gasteiger charge is 2.62. The minimum atomic E-state index is -3.93. The summed E-state index contributed by atoms with van der Waals surface area (Å²) in [6.45, 7) is 5.77. The molecule has 7 atom stereocenters. The Labute approximate surface area is 301 Å². The summed E-state index contributed by atoms with van der Waals surface area (Å²) in [6.07, 6.45) is 6.36. The van der Waals surface area contributed by atoms with Crippen LogP contribution < -0.4 is 24.8 Å². The van der Waals surface area contributed by atoms with Gasteiger partial charge in [0, 0.05) is 23.9 Å². The molecule has 4 N–H and O–H groups in total. The van der Waals surface area contributed by atoms with Crippen LogP contribution in [0.4, 0.5) is 9.18 Å². The number of hydrogen-bond donors (Lipinski definition) is 4. The quantitative estimate of drug-likeness (QED) is 0.276. The lowest BCUT2D eigenvalue weighted by Crippen LogP contribution is -2.59. The van der Waals surface area contributed by atoms with E-state index in [1.807, 2.05) is 26.0 Å². The van der Waals surface area contributed by atoms with Gasteiger partial charge in [-0.2, -0.15) is 0 Å². The first-order chi connectivity index (χ1) is 24.8. The van der Waals surface area contributed by atoms with Crippen LogP contribution >= 0.6 is 0 Å². The molecule has 2 aromatic rings. The van der Waals surface area contributed by atoms with E-state index in [4.69, 9.17) is 9.47 Å². The van der Waals surface area contributed by atoms with Crippen LogP contribution in [-0.2, 0) is 24.4 Å². The highest BCUT2D eigenvalue weighted by molar-refractivity contribution is 7.91. The van der Waals surface area contributed by atoms with Gasteiger partial charge in [0.15, 0.2) is 11.6 Å². The molecule has 0 spiro atoms. The molecule has 2 aliphatic carbocycles. The highest BCUT2D eigenvalue weighted by atomic mass is 32.2. The lowest BCUT2D eigenvalue weighted by Gasteiger charge is -2.33. The number of benzene rings is 1. The van der Waals surface area contributed by atoms with Crippen LogP contribution in [0.1, 0.15) is 72.1 Å². The maximum atomic E-state index is 15.0. The Morgan fingerprint density at radius 3 is 2.63 bits per heavy atom. The van der Waals surface area contributed by atoms with E-state index in [2.05, 4.69) is 20.3 Å². The van der Waals surface area contributed by atoms with Gasteiger partial charge in [-0.3, -0.25) is 19.1 Å². The van der Waals surface area contributed by atoms with Gasteiger partial charge in [0.25, 0.3) is 5.91 Å². The predicted octanol–water partition coefficient (Wildman–Crippen LogP) is 3.64. The Morgan fingerprint density at radius 2 is 1.94 bits per heavy atom. The Kier molecular flexibility index (Phi) is 10.7. The molecular formula is C36H46FN5O9S. The maximum absolute atomic E-state index is 15.0. The molecule has 52 heavy (non-hydrogen) atoms. The number of carboxylic acid groups (broad SMARTS) is 1. The number of carbonyl (C=O) groups is 4. The average Bonchev–Trinajstić information content (AvgIpc) is 4.02. The van der Waals surface area contributed by atoms with Crippen molar-refractivity contribution in [1.29, 1.82) is 0 Å². The second kappa shape index (κ2) is 14.9. The Bertz CT molecular complexity index is 1870. The zero-order valence-electron chi connectivity index (χ0n) is 29.5. The summed E-state index contributed by atoms with van der Waals surface area (Å²) in [4.78, 5) is 60.1. The first kappa shape index (κ1) is 37.3. The topological polar surface area (TPSA) is 193 Å². The third kappa shape index (κ3) is 7.81. The molecule has 1 saturated heterocycles. The van der Waals surface area contributed by atoms with Crippen LogP contribution in [0.25, 0.3) is 10.8 Å². The molecule has 16 heteroatoms. The van der Waals surface area contributed by atoms with Crippen LogP contribution in [-0.4, -0.2) is 89.4 Å². The SMILES string of the molecule is CCOc1cc2ccnc(O[C@@H]3C[C@H]4C(=O)N[C@]5(C(=O)NS(=O)(=O)C6CC6)C[C@H]5/C=C\CC[C@@H](C)C[C@@H](CC)[C@H](NC(=O)O)C(=O)N4C3)c2cc1F. The molecule has 3 heterocycles. The molecule has 14 nitrogen and oxygen atoms in total. The first-order valence-electron chi connectivity index (χ1n) is 18.0. The second-order valence-electron chi connectivity index (χ2n) is 14.4. The normalized spacial score (nSPS) is 30.2. The van der Waals surface area contributed by atoms with E-state index in [0.29, 0.717) is 42.9 Å². The number of amides is 4. The molecule has 282 valence electrons. The first-order valence-corrected chi connectivity index (χ1v) is 19.5. The number of halogens is 1. The van der Waals surface area contributed by atoms with Gasteiger partial charge in [-0.05, 0) is 80.9 Å². The van der Waals surface area contributed by atoms with Crippen molar-refractivity contribution in [1.82, 2.24) is 25.2 Å². The lowest BCUT2D eigenvalue weighted by atomic mass is 9.85. The van der Waals surface area contributed by atoms with E-state index in [1.54, 1.807) is 13.0 Å². The van der Waals surface area contributed by atoms with Gasteiger partial charge in [0.2, 0.25) is 27.7 Å². The van der Waals surface area contributed by atoms with Crippen molar-refractivity contribution in [2.75, 3.05) is 13.2 Å². The monoisotopic (exact) mass is 743 g/mol. The number of fused-ring (bicyclic) bond motifs is 3. The van der Waals surface area contributed by atoms with Crippen LogP contribution in [0.15, 0.2) is 36.5 Å². The van der Waals surface area contributed by atoms with Gasteiger partial charge < -0.3 is 30.1 Å². The summed E-state index contributed by atoms with van der Waals surface area (Å²) in [5, 5.41) is 15.3. The summed E-state index contributed by atoms with van der Waals surface area (Å²) >= 11 is 0. The molecular weight excluding hydrogens is 697 g/mol. The van der Waals surface area contributed by atoms with Gasteiger partial charge in [0.1, 0.15) is 23.7 Å². The zero-order chi connectivity index (χ0) is 37.4. The smallest absolute Gasteiger partial charge is 0.405 e. The fraction of sp³-hybridized carbons (Fsp3) is 0.583. The summed E-state index contributed by atoms with van der Waals surface area (Å²) in [5.74, 6) is -3.44. The van der Waals surface area contributed by atoms with E-state index >= 15 is 0 Å². The van der Waals surface area contributed by atoms with Crippen molar-refractivity contribution in [3.05, 3.63) is 42.4 Å². The van der Waals surface area contributed by atoms with E-state index in [9.17, 15) is 37.1 Å². The largest absolute Gasteiger partial charge is 0.491 e. The Hall–Kier alpha value is -4.47. The maximum Gasteiger partial charge on any atom is 0.405 e.